The Bertz CT molecular complexity index is 611. The van der Waals surface area contributed by atoms with E-state index in [-0.39, 0.29) is 21.9 Å². The lowest BCUT2D eigenvalue weighted by molar-refractivity contribution is 0.0686. The summed E-state index contributed by atoms with van der Waals surface area (Å²) in [5, 5.41) is 15.2. The molecule has 1 aliphatic rings. The fourth-order valence-electron chi connectivity index (χ4n) is 2.49. The maximum absolute atomic E-state index is 12.4. The van der Waals surface area contributed by atoms with E-state index in [2.05, 4.69) is 14.9 Å². The number of aromatic amines is 1. The molecule has 1 aromatic rings. The lowest BCUT2D eigenvalue weighted by Crippen LogP contribution is -2.39. The number of carboxylic acids is 1. The van der Waals surface area contributed by atoms with Gasteiger partial charge < -0.3 is 5.11 Å². The van der Waals surface area contributed by atoms with Gasteiger partial charge in [-0.15, -0.1) is 0 Å². The van der Waals surface area contributed by atoms with Crippen molar-refractivity contribution in [1.82, 2.24) is 14.9 Å². The predicted molar refractivity (Wildman–Crippen MR) is 75.5 cm³/mol. The summed E-state index contributed by atoms with van der Waals surface area (Å²) < 4.78 is 27.4. The highest BCUT2D eigenvalue weighted by Gasteiger charge is 2.34. The van der Waals surface area contributed by atoms with E-state index in [1.54, 1.807) is 11.8 Å². The SMILES string of the molecule is CSC1CCCC1NS(=O)(=O)c1c(C(=O)O)n[nH]c1C. The number of aromatic nitrogens is 2. The van der Waals surface area contributed by atoms with Gasteiger partial charge in [-0.25, -0.2) is 17.9 Å². The molecule has 1 saturated carbocycles. The van der Waals surface area contributed by atoms with Gasteiger partial charge in [-0.3, -0.25) is 5.10 Å². The quantitative estimate of drug-likeness (QED) is 0.746. The minimum Gasteiger partial charge on any atom is -0.476 e. The number of nitrogens with one attached hydrogen (secondary N) is 2. The number of aromatic carboxylic acids is 1. The van der Waals surface area contributed by atoms with Crippen molar-refractivity contribution in [3.8, 4) is 0 Å². The third kappa shape index (κ3) is 2.84. The van der Waals surface area contributed by atoms with Crippen LogP contribution in [0.1, 0.15) is 35.4 Å². The van der Waals surface area contributed by atoms with Crippen molar-refractivity contribution in [2.24, 2.45) is 0 Å². The molecule has 0 aromatic carbocycles. The zero-order valence-corrected chi connectivity index (χ0v) is 12.8. The molecule has 0 amide bonds. The summed E-state index contributed by atoms with van der Waals surface area (Å²) in [5.74, 6) is -1.36. The minimum atomic E-state index is -3.89. The highest BCUT2D eigenvalue weighted by molar-refractivity contribution is 7.99. The van der Waals surface area contributed by atoms with Crippen LogP contribution >= 0.6 is 11.8 Å². The Kier molecular flexibility index (Phi) is 4.40. The average molecular weight is 319 g/mol. The molecule has 2 atom stereocenters. The maximum atomic E-state index is 12.4. The molecule has 1 aromatic heterocycles. The molecule has 1 fully saturated rings. The molecule has 1 heterocycles. The monoisotopic (exact) mass is 319 g/mol. The fourth-order valence-corrected chi connectivity index (χ4v) is 5.15. The molecule has 0 saturated heterocycles. The first-order valence-electron chi connectivity index (χ1n) is 6.20. The van der Waals surface area contributed by atoms with Crippen LogP contribution in [0.15, 0.2) is 4.90 Å². The molecular weight excluding hydrogens is 302 g/mol. The number of carboxylic acid groups (broad SMARTS) is 1. The summed E-state index contributed by atoms with van der Waals surface area (Å²) in [6.07, 6.45) is 4.65. The Balaban J connectivity index is 2.31. The molecule has 0 aliphatic heterocycles. The second-order valence-corrected chi connectivity index (χ2v) is 7.49. The van der Waals surface area contributed by atoms with Crippen LogP contribution in [0, 0.1) is 6.92 Å². The van der Waals surface area contributed by atoms with Gasteiger partial charge in [0.2, 0.25) is 10.0 Å². The second-order valence-electron chi connectivity index (χ2n) is 4.76. The highest BCUT2D eigenvalue weighted by Crippen LogP contribution is 2.30. The zero-order valence-electron chi connectivity index (χ0n) is 11.2. The van der Waals surface area contributed by atoms with Gasteiger partial charge >= 0.3 is 5.97 Å². The second kappa shape index (κ2) is 5.74. The number of carbonyl (C=O) groups is 1. The summed E-state index contributed by atoms with van der Waals surface area (Å²) in [6, 6.07) is -0.161. The zero-order chi connectivity index (χ0) is 14.9. The van der Waals surface area contributed by atoms with Crippen LogP contribution < -0.4 is 4.72 Å². The number of thioether (sulfide) groups is 1. The van der Waals surface area contributed by atoms with Gasteiger partial charge in [0.15, 0.2) is 5.69 Å². The molecule has 3 N–H and O–H groups in total. The first kappa shape index (κ1) is 15.3. The van der Waals surface area contributed by atoms with E-state index in [9.17, 15) is 13.2 Å². The van der Waals surface area contributed by atoms with E-state index < -0.39 is 21.7 Å². The molecule has 7 nitrogen and oxygen atoms in total. The molecule has 2 rings (SSSR count). The summed E-state index contributed by atoms with van der Waals surface area (Å²) in [4.78, 5) is 10.8. The molecule has 9 heteroatoms. The van der Waals surface area contributed by atoms with Crippen molar-refractivity contribution >= 4 is 27.8 Å². The predicted octanol–water partition coefficient (Wildman–Crippen LogP) is 0.979. The van der Waals surface area contributed by atoms with E-state index >= 15 is 0 Å². The normalized spacial score (nSPS) is 23.1. The first-order chi connectivity index (χ1) is 9.36. The maximum Gasteiger partial charge on any atom is 0.357 e. The summed E-state index contributed by atoms with van der Waals surface area (Å²) in [6.45, 7) is 1.49. The van der Waals surface area contributed by atoms with Crippen LogP contribution in [0.2, 0.25) is 0 Å². The average Bonchev–Trinajstić information content (AvgIpc) is 2.94. The number of hydrogen-bond acceptors (Lipinski definition) is 5. The molecule has 20 heavy (non-hydrogen) atoms. The number of hydrogen-bond donors (Lipinski definition) is 3. The van der Waals surface area contributed by atoms with Crippen molar-refractivity contribution in [3.63, 3.8) is 0 Å². The van der Waals surface area contributed by atoms with E-state index in [1.165, 1.54) is 6.92 Å². The van der Waals surface area contributed by atoms with Crippen LogP contribution in [0.5, 0.6) is 0 Å². The lowest BCUT2D eigenvalue weighted by atomic mass is 10.3. The van der Waals surface area contributed by atoms with Crippen LogP contribution in [-0.4, -0.2) is 47.2 Å². The van der Waals surface area contributed by atoms with Crippen molar-refractivity contribution in [1.29, 1.82) is 0 Å². The van der Waals surface area contributed by atoms with Crippen molar-refractivity contribution in [2.45, 2.75) is 42.4 Å². The molecule has 2 unspecified atom stereocenters. The summed E-state index contributed by atoms with van der Waals surface area (Å²) in [7, 11) is -3.89. The number of rotatable bonds is 5. The third-order valence-corrected chi connectivity index (χ3v) is 6.24. The molecule has 1 aliphatic carbocycles. The van der Waals surface area contributed by atoms with E-state index in [0.717, 1.165) is 19.3 Å². The minimum absolute atomic E-state index is 0.161. The van der Waals surface area contributed by atoms with Gasteiger partial charge in [-0.05, 0) is 26.0 Å². The number of sulfonamides is 1. The van der Waals surface area contributed by atoms with Gasteiger partial charge in [0.25, 0.3) is 0 Å². The lowest BCUT2D eigenvalue weighted by Gasteiger charge is -2.19. The van der Waals surface area contributed by atoms with Crippen LogP contribution in [-0.2, 0) is 10.0 Å². The molecule has 0 bridgehead atoms. The molecule has 0 radical (unpaired) electrons. The van der Waals surface area contributed by atoms with Crippen molar-refractivity contribution in [3.05, 3.63) is 11.4 Å². The number of H-pyrrole nitrogens is 1. The first-order valence-corrected chi connectivity index (χ1v) is 8.97. The Morgan fingerprint density at radius 1 is 1.50 bits per heavy atom. The van der Waals surface area contributed by atoms with Crippen molar-refractivity contribution in [2.75, 3.05) is 6.26 Å². The number of aryl methyl sites for hydroxylation is 1. The number of nitrogens with zero attached hydrogens (tertiary/aromatic N) is 1. The van der Waals surface area contributed by atoms with Gasteiger partial charge in [0, 0.05) is 11.3 Å². The van der Waals surface area contributed by atoms with E-state index in [0.29, 0.717) is 0 Å². The topological polar surface area (TPSA) is 112 Å². The Morgan fingerprint density at radius 3 is 2.80 bits per heavy atom. The van der Waals surface area contributed by atoms with Gasteiger partial charge in [-0.1, -0.05) is 6.42 Å². The van der Waals surface area contributed by atoms with Crippen LogP contribution in [0.3, 0.4) is 0 Å². The smallest absolute Gasteiger partial charge is 0.357 e. The summed E-state index contributed by atoms with van der Waals surface area (Å²) >= 11 is 1.63. The van der Waals surface area contributed by atoms with Crippen LogP contribution in [0.25, 0.3) is 0 Å². The van der Waals surface area contributed by atoms with Gasteiger partial charge in [0.1, 0.15) is 4.90 Å². The standard InChI is InChI=1S/C11H17N3O4S2/c1-6-10(9(11(15)16)13-12-6)20(17,18)14-7-4-3-5-8(7)19-2/h7-8,14H,3-5H2,1-2H3,(H,12,13)(H,15,16). The molecular formula is C11H17N3O4S2. The Labute approximate surface area is 121 Å². The van der Waals surface area contributed by atoms with Crippen LogP contribution in [0.4, 0.5) is 0 Å². The molecule has 112 valence electrons. The van der Waals surface area contributed by atoms with Gasteiger partial charge in [0.05, 0.1) is 5.69 Å². The van der Waals surface area contributed by atoms with Crippen molar-refractivity contribution < 1.29 is 18.3 Å². The Morgan fingerprint density at radius 2 is 2.20 bits per heavy atom. The Hall–Kier alpha value is -1.06. The van der Waals surface area contributed by atoms with E-state index in [1.807, 2.05) is 6.26 Å². The fraction of sp³-hybridized carbons (Fsp3) is 0.636. The third-order valence-electron chi connectivity index (χ3n) is 3.42. The van der Waals surface area contributed by atoms with Gasteiger partial charge in [-0.2, -0.15) is 16.9 Å². The van der Waals surface area contributed by atoms with E-state index in [4.69, 9.17) is 5.11 Å². The highest BCUT2D eigenvalue weighted by atomic mass is 32.2. The summed E-state index contributed by atoms with van der Waals surface area (Å²) in [5.41, 5.74) is -0.234. The largest absolute Gasteiger partial charge is 0.476 e. The molecule has 0 spiro atoms.